The molecule has 30 heavy (non-hydrogen) atoms. The molecule has 0 spiro atoms. The summed E-state index contributed by atoms with van der Waals surface area (Å²) in [4.78, 5) is 18.7. The standard InChI is InChI=1S/C27H32N2O/c1-4-26(30)29-15-13-22(14-16-29)27(19(2)3)21-11-9-20(10-12-21)24-17-23-7-5-6-8-25(23)28-18-24/h5-12,17-19,22,27H,4,13-16H2,1-3H3. The van der Waals surface area contributed by atoms with Gasteiger partial charge in [-0.05, 0) is 53.9 Å². The Bertz CT molecular complexity index is 1000. The van der Waals surface area contributed by atoms with Crippen molar-refractivity contribution in [2.75, 3.05) is 13.1 Å². The van der Waals surface area contributed by atoms with Crippen molar-refractivity contribution in [3.63, 3.8) is 0 Å². The monoisotopic (exact) mass is 400 g/mol. The van der Waals surface area contributed by atoms with Gasteiger partial charge < -0.3 is 4.90 Å². The number of carbonyl (C=O) groups is 1. The molecule has 1 unspecified atom stereocenters. The van der Waals surface area contributed by atoms with E-state index in [1.807, 2.05) is 24.1 Å². The van der Waals surface area contributed by atoms with E-state index in [2.05, 4.69) is 67.4 Å². The minimum atomic E-state index is 0.294. The van der Waals surface area contributed by atoms with Crippen LogP contribution in [0.25, 0.3) is 22.0 Å². The molecule has 1 aliphatic heterocycles. The van der Waals surface area contributed by atoms with Gasteiger partial charge in [0.1, 0.15) is 0 Å². The summed E-state index contributed by atoms with van der Waals surface area (Å²) in [6, 6.07) is 19.6. The van der Waals surface area contributed by atoms with Crippen LogP contribution in [0, 0.1) is 11.8 Å². The number of nitrogens with zero attached hydrogens (tertiary/aromatic N) is 2. The van der Waals surface area contributed by atoms with Crippen molar-refractivity contribution < 1.29 is 4.79 Å². The van der Waals surface area contributed by atoms with Crippen LogP contribution in [-0.2, 0) is 4.79 Å². The maximum atomic E-state index is 12.0. The molecule has 4 rings (SSSR count). The molecule has 3 heteroatoms. The van der Waals surface area contributed by atoms with E-state index in [0.717, 1.165) is 37.0 Å². The van der Waals surface area contributed by atoms with Gasteiger partial charge in [-0.25, -0.2) is 0 Å². The Balaban J connectivity index is 1.52. The number of aromatic nitrogens is 1. The number of carbonyl (C=O) groups excluding carboxylic acids is 1. The number of fused-ring (bicyclic) bond motifs is 1. The van der Waals surface area contributed by atoms with Crippen molar-refractivity contribution in [3.8, 4) is 11.1 Å². The first-order chi connectivity index (χ1) is 14.6. The third-order valence-electron chi connectivity index (χ3n) is 6.64. The van der Waals surface area contributed by atoms with E-state index in [-0.39, 0.29) is 0 Å². The number of piperidine rings is 1. The summed E-state index contributed by atoms with van der Waals surface area (Å²) < 4.78 is 0. The van der Waals surface area contributed by atoms with Crippen LogP contribution >= 0.6 is 0 Å². The highest BCUT2D eigenvalue weighted by atomic mass is 16.2. The molecule has 1 aliphatic rings. The third-order valence-corrected chi connectivity index (χ3v) is 6.64. The molecule has 2 aromatic carbocycles. The zero-order valence-corrected chi connectivity index (χ0v) is 18.3. The molecule has 1 fully saturated rings. The third kappa shape index (κ3) is 4.26. The Morgan fingerprint density at radius 2 is 1.73 bits per heavy atom. The molecular weight excluding hydrogens is 368 g/mol. The lowest BCUT2D eigenvalue weighted by molar-refractivity contribution is -0.132. The molecule has 1 atom stereocenters. The first kappa shape index (κ1) is 20.6. The van der Waals surface area contributed by atoms with Crippen molar-refractivity contribution in [1.29, 1.82) is 0 Å². The van der Waals surface area contributed by atoms with Crippen LogP contribution in [0.4, 0.5) is 0 Å². The van der Waals surface area contributed by atoms with Gasteiger partial charge in [-0.2, -0.15) is 0 Å². The molecule has 0 saturated carbocycles. The SMILES string of the molecule is CCC(=O)N1CCC(C(c2ccc(-c3cnc4ccccc4c3)cc2)C(C)C)CC1. The number of rotatable bonds is 5. The minimum absolute atomic E-state index is 0.294. The van der Waals surface area contributed by atoms with Gasteiger partial charge in [-0.15, -0.1) is 0 Å². The topological polar surface area (TPSA) is 33.2 Å². The summed E-state index contributed by atoms with van der Waals surface area (Å²) in [5, 5.41) is 1.17. The van der Waals surface area contributed by atoms with E-state index in [0.29, 0.717) is 30.1 Å². The van der Waals surface area contributed by atoms with Gasteiger partial charge in [-0.1, -0.05) is 63.2 Å². The Morgan fingerprint density at radius 3 is 2.40 bits per heavy atom. The summed E-state index contributed by atoms with van der Waals surface area (Å²) in [6.07, 6.45) is 4.79. The van der Waals surface area contributed by atoms with Crippen LogP contribution < -0.4 is 0 Å². The predicted molar refractivity (Wildman–Crippen MR) is 124 cm³/mol. The van der Waals surface area contributed by atoms with Gasteiger partial charge in [0.15, 0.2) is 0 Å². The zero-order chi connectivity index (χ0) is 21.1. The number of hydrogen-bond acceptors (Lipinski definition) is 2. The Kier molecular flexibility index (Phi) is 6.17. The van der Waals surface area contributed by atoms with Gasteiger partial charge in [-0.3, -0.25) is 9.78 Å². The number of amides is 1. The largest absolute Gasteiger partial charge is 0.343 e. The summed E-state index contributed by atoms with van der Waals surface area (Å²) in [6.45, 7) is 8.42. The molecule has 0 bridgehead atoms. The van der Waals surface area contributed by atoms with Crippen LogP contribution in [0.2, 0.25) is 0 Å². The lowest BCUT2D eigenvalue weighted by Crippen LogP contribution is -2.40. The van der Waals surface area contributed by atoms with Crippen LogP contribution in [0.3, 0.4) is 0 Å². The van der Waals surface area contributed by atoms with E-state index >= 15 is 0 Å². The van der Waals surface area contributed by atoms with Gasteiger partial charge in [0.2, 0.25) is 5.91 Å². The number of pyridine rings is 1. The van der Waals surface area contributed by atoms with Crippen LogP contribution in [0.15, 0.2) is 60.8 Å². The van der Waals surface area contributed by atoms with E-state index in [1.165, 1.54) is 16.5 Å². The fourth-order valence-corrected chi connectivity index (χ4v) is 5.06. The first-order valence-electron chi connectivity index (χ1n) is 11.3. The smallest absolute Gasteiger partial charge is 0.222 e. The summed E-state index contributed by atoms with van der Waals surface area (Å²) in [5.41, 5.74) is 4.82. The molecule has 0 aliphatic carbocycles. The second kappa shape index (κ2) is 8.99. The molecule has 1 saturated heterocycles. The molecule has 3 aromatic rings. The van der Waals surface area contributed by atoms with Crippen molar-refractivity contribution in [3.05, 3.63) is 66.4 Å². The average molecular weight is 401 g/mol. The van der Waals surface area contributed by atoms with Crippen LogP contribution in [-0.4, -0.2) is 28.9 Å². The quantitative estimate of drug-likeness (QED) is 0.504. The highest BCUT2D eigenvalue weighted by molar-refractivity contribution is 5.83. The first-order valence-corrected chi connectivity index (χ1v) is 11.3. The molecule has 1 amide bonds. The van der Waals surface area contributed by atoms with E-state index in [4.69, 9.17) is 0 Å². The molecule has 156 valence electrons. The maximum Gasteiger partial charge on any atom is 0.222 e. The average Bonchev–Trinajstić information content (AvgIpc) is 2.79. The molecule has 3 nitrogen and oxygen atoms in total. The fourth-order valence-electron chi connectivity index (χ4n) is 5.06. The van der Waals surface area contributed by atoms with Gasteiger partial charge in [0.05, 0.1) is 5.52 Å². The van der Waals surface area contributed by atoms with E-state index in [9.17, 15) is 4.79 Å². The molecule has 2 heterocycles. The summed E-state index contributed by atoms with van der Waals surface area (Å²) >= 11 is 0. The highest BCUT2D eigenvalue weighted by Gasteiger charge is 2.30. The lowest BCUT2D eigenvalue weighted by atomic mass is 9.74. The number of benzene rings is 2. The second-order valence-corrected chi connectivity index (χ2v) is 8.88. The van der Waals surface area contributed by atoms with E-state index in [1.54, 1.807) is 0 Å². The van der Waals surface area contributed by atoms with Gasteiger partial charge in [0.25, 0.3) is 0 Å². The van der Waals surface area contributed by atoms with Crippen LogP contribution in [0.5, 0.6) is 0 Å². The maximum absolute atomic E-state index is 12.0. The zero-order valence-electron chi connectivity index (χ0n) is 18.3. The van der Waals surface area contributed by atoms with Crippen molar-refractivity contribution >= 4 is 16.8 Å². The molecular formula is C27H32N2O. The van der Waals surface area contributed by atoms with Crippen molar-refractivity contribution in [2.45, 2.75) is 46.0 Å². The molecule has 0 N–H and O–H groups in total. The van der Waals surface area contributed by atoms with Gasteiger partial charge in [0, 0.05) is 36.7 Å². The number of para-hydroxylation sites is 1. The number of hydrogen-bond donors (Lipinski definition) is 0. The summed E-state index contributed by atoms with van der Waals surface area (Å²) in [5.74, 6) is 2.05. The number of likely N-dealkylation sites (tertiary alicyclic amines) is 1. The van der Waals surface area contributed by atoms with Crippen molar-refractivity contribution in [1.82, 2.24) is 9.88 Å². The van der Waals surface area contributed by atoms with Crippen LogP contribution in [0.1, 0.15) is 51.5 Å². The Hall–Kier alpha value is -2.68. The van der Waals surface area contributed by atoms with Gasteiger partial charge >= 0.3 is 0 Å². The predicted octanol–water partition coefficient (Wildman–Crippen LogP) is 6.29. The minimum Gasteiger partial charge on any atom is -0.343 e. The highest BCUT2D eigenvalue weighted by Crippen LogP contribution is 2.39. The normalized spacial score (nSPS) is 16.2. The lowest BCUT2D eigenvalue weighted by Gasteiger charge is -2.38. The molecule has 1 aromatic heterocycles. The van der Waals surface area contributed by atoms with E-state index < -0.39 is 0 Å². The summed E-state index contributed by atoms with van der Waals surface area (Å²) in [7, 11) is 0. The van der Waals surface area contributed by atoms with Crippen molar-refractivity contribution in [2.24, 2.45) is 11.8 Å². The Morgan fingerprint density at radius 1 is 1.03 bits per heavy atom. The second-order valence-electron chi connectivity index (χ2n) is 8.88. The Labute approximate surface area is 180 Å². The molecule has 0 radical (unpaired) electrons. The fraction of sp³-hybridized carbons (Fsp3) is 0.407.